The van der Waals surface area contributed by atoms with Crippen LogP contribution in [0.3, 0.4) is 0 Å². The Morgan fingerprint density at radius 1 is 0.955 bits per heavy atom. The van der Waals surface area contributed by atoms with Crippen LogP contribution in [-0.2, 0) is 0 Å². The van der Waals surface area contributed by atoms with E-state index in [0.29, 0.717) is 5.56 Å². The zero-order chi connectivity index (χ0) is 15.4. The molecule has 0 bridgehead atoms. The fraction of sp³-hybridized carbons (Fsp3) is 0.105. The van der Waals surface area contributed by atoms with E-state index in [4.69, 9.17) is 0 Å². The molecule has 1 unspecified atom stereocenters. The lowest BCUT2D eigenvalue weighted by molar-refractivity contribution is 0.618. The van der Waals surface area contributed by atoms with Gasteiger partial charge in [0.25, 0.3) is 0 Å². The number of halogens is 1. The quantitative estimate of drug-likeness (QED) is 0.752. The molecular formula is C19H17FN2. The Morgan fingerprint density at radius 3 is 2.41 bits per heavy atom. The van der Waals surface area contributed by atoms with Crippen molar-refractivity contribution in [3.63, 3.8) is 0 Å². The van der Waals surface area contributed by atoms with Gasteiger partial charge in [0.2, 0.25) is 0 Å². The Morgan fingerprint density at radius 2 is 1.73 bits per heavy atom. The van der Waals surface area contributed by atoms with E-state index in [1.54, 1.807) is 19.2 Å². The van der Waals surface area contributed by atoms with Gasteiger partial charge in [-0.05, 0) is 42.3 Å². The van der Waals surface area contributed by atoms with Gasteiger partial charge in [-0.15, -0.1) is 0 Å². The maximum absolute atomic E-state index is 13.8. The summed E-state index contributed by atoms with van der Waals surface area (Å²) in [6.45, 7) is 1.76. The number of rotatable bonds is 4. The monoisotopic (exact) mass is 292 g/mol. The van der Waals surface area contributed by atoms with Gasteiger partial charge in [-0.3, -0.25) is 4.98 Å². The topological polar surface area (TPSA) is 24.9 Å². The number of hydrogen-bond donors (Lipinski definition) is 1. The van der Waals surface area contributed by atoms with Gasteiger partial charge >= 0.3 is 0 Å². The molecule has 1 atom stereocenters. The lowest BCUT2D eigenvalue weighted by atomic mass is 10.0. The van der Waals surface area contributed by atoms with Crippen LogP contribution >= 0.6 is 0 Å². The van der Waals surface area contributed by atoms with Crippen LogP contribution in [0.4, 0.5) is 10.1 Å². The predicted molar refractivity (Wildman–Crippen MR) is 87.3 cm³/mol. The summed E-state index contributed by atoms with van der Waals surface area (Å²) in [5.74, 6) is -0.210. The smallest absolute Gasteiger partial charge is 0.128 e. The summed E-state index contributed by atoms with van der Waals surface area (Å²) in [4.78, 5) is 4.44. The highest BCUT2D eigenvalue weighted by molar-refractivity contribution is 5.49. The summed E-state index contributed by atoms with van der Waals surface area (Å²) in [7, 11) is 0. The molecule has 0 amide bonds. The SMILES string of the molecule is Cc1ccc(NC(c2ccccc2)c2ccccn2)cc1F. The van der Waals surface area contributed by atoms with Crippen LogP contribution in [0.15, 0.2) is 72.9 Å². The van der Waals surface area contributed by atoms with Crippen molar-refractivity contribution in [1.82, 2.24) is 4.98 Å². The van der Waals surface area contributed by atoms with Crippen LogP contribution < -0.4 is 5.32 Å². The van der Waals surface area contributed by atoms with Crippen molar-refractivity contribution in [3.8, 4) is 0 Å². The molecule has 0 saturated heterocycles. The molecular weight excluding hydrogens is 275 g/mol. The second-order valence-electron chi connectivity index (χ2n) is 5.21. The molecule has 2 aromatic carbocycles. The summed E-state index contributed by atoms with van der Waals surface area (Å²) in [6, 6.07) is 20.9. The van der Waals surface area contributed by atoms with Crippen LogP contribution in [0.25, 0.3) is 0 Å². The van der Waals surface area contributed by atoms with Crippen molar-refractivity contribution in [2.24, 2.45) is 0 Å². The largest absolute Gasteiger partial charge is 0.373 e. The highest BCUT2D eigenvalue weighted by Gasteiger charge is 2.15. The van der Waals surface area contributed by atoms with Crippen LogP contribution in [0, 0.1) is 12.7 Å². The van der Waals surface area contributed by atoms with Crippen molar-refractivity contribution < 1.29 is 4.39 Å². The molecule has 2 nitrogen and oxygen atoms in total. The Balaban J connectivity index is 1.97. The number of benzene rings is 2. The first-order valence-corrected chi connectivity index (χ1v) is 7.22. The minimum Gasteiger partial charge on any atom is -0.373 e. The highest BCUT2D eigenvalue weighted by atomic mass is 19.1. The van der Waals surface area contributed by atoms with Crippen LogP contribution in [0.5, 0.6) is 0 Å². The molecule has 1 N–H and O–H groups in total. The minimum absolute atomic E-state index is 0.121. The van der Waals surface area contributed by atoms with Crippen molar-refractivity contribution in [2.45, 2.75) is 13.0 Å². The Kier molecular flexibility index (Phi) is 4.15. The Labute approximate surface area is 129 Å². The summed E-state index contributed by atoms with van der Waals surface area (Å²) >= 11 is 0. The average molecular weight is 292 g/mol. The van der Waals surface area contributed by atoms with Crippen molar-refractivity contribution in [1.29, 1.82) is 0 Å². The predicted octanol–water partition coefficient (Wildman–Crippen LogP) is 4.73. The van der Waals surface area contributed by atoms with Crippen molar-refractivity contribution in [3.05, 3.63) is 95.6 Å². The molecule has 0 spiro atoms. The highest BCUT2D eigenvalue weighted by Crippen LogP contribution is 2.26. The van der Waals surface area contributed by atoms with Gasteiger partial charge in [-0.2, -0.15) is 0 Å². The third-order valence-electron chi connectivity index (χ3n) is 3.60. The molecule has 22 heavy (non-hydrogen) atoms. The van der Waals surface area contributed by atoms with Gasteiger partial charge in [0.15, 0.2) is 0 Å². The standard InChI is InChI=1S/C19H17FN2/c1-14-10-11-16(13-17(14)20)22-19(15-7-3-2-4-8-15)18-9-5-6-12-21-18/h2-13,19,22H,1H3. The van der Waals surface area contributed by atoms with Gasteiger partial charge in [-0.1, -0.05) is 42.5 Å². The molecule has 0 aliphatic carbocycles. The van der Waals surface area contributed by atoms with E-state index in [0.717, 1.165) is 16.9 Å². The second-order valence-corrected chi connectivity index (χ2v) is 5.21. The molecule has 3 heteroatoms. The first-order chi connectivity index (χ1) is 10.7. The molecule has 110 valence electrons. The molecule has 0 aliphatic heterocycles. The molecule has 3 aromatic rings. The number of pyridine rings is 1. The minimum atomic E-state index is -0.210. The number of nitrogens with zero attached hydrogens (tertiary/aromatic N) is 1. The van der Waals surface area contributed by atoms with E-state index in [-0.39, 0.29) is 11.9 Å². The van der Waals surface area contributed by atoms with Crippen molar-refractivity contribution in [2.75, 3.05) is 5.32 Å². The summed E-state index contributed by atoms with van der Waals surface area (Å²) in [5.41, 5.74) is 3.36. The molecule has 0 aliphatic rings. The molecule has 1 aromatic heterocycles. The van der Waals surface area contributed by atoms with E-state index in [9.17, 15) is 4.39 Å². The first kappa shape index (κ1) is 14.3. The van der Waals surface area contributed by atoms with E-state index in [2.05, 4.69) is 10.3 Å². The molecule has 0 radical (unpaired) electrons. The van der Waals surface area contributed by atoms with Crippen molar-refractivity contribution >= 4 is 5.69 Å². The third-order valence-corrected chi connectivity index (χ3v) is 3.60. The maximum atomic E-state index is 13.8. The Hall–Kier alpha value is -2.68. The summed E-state index contributed by atoms with van der Waals surface area (Å²) in [6.07, 6.45) is 1.77. The van der Waals surface area contributed by atoms with Crippen LogP contribution in [0.2, 0.25) is 0 Å². The fourth-order valence-electron chi connectivity index (χ4n) is 2.37. The summed E-state index contributed by atoms with van der Waals surface area (Å²) in [5, 5.41) is 3.38. The Bertz CT molecular complexity index is 702. The van der Waals surface area contributed by atoms with Gasteiger partial charge < -0.3 is 5.32 Å². The zero-order valence-corrected chi connectivity index (χ0v) is 12.3. The lowest BCUT2D eigenvalue weighted by Gasteiger charge is -2.20. The average Bonchev–Trinajstić information content (AvgIpc) is 2.57. The van der Waals surface area contributed by atoms with E-state index >= 15 is 0 Å². The number of aryl methyl sites for hydroxylation is 1. The number of hydrogen-bond acceptors (Lipinski definition) is 2. The van der Waals surface area contributed by atoms with Crippen LogP contribution in [0.1, 0.15) is 22.9 Å². The van der Waals surface area contributed by atoms with Gasteiger partial charge in [-0.25, -0.2) is 4.39 Å². The van der Waals surface area contributed by atoms with E-state index in [1.807, 2.05) is 54.6 Å². The first-order valence-electron chi connectivity index (χ1n) is 7.22. The van der Waals surface area contributed by atoms with E-state index < -0.39 is 0 Å². The third kappa shape index (κ3) is 3.14. The molecule has 3 rings (SSSR count). The fourth-order valence-corrected chi connectivity index (χ4v) is 2.37. The maximum Gasteiger partial charge on any atom is 0.128 e. The summed E-state index contributed by atoms with van der Waals surface area (Å²) < 4.78 is 13.8. The van der Waals surface area contributed by atoms with Gasteiger partial charge in [0.1, 0.15) is 5.82 Å². The lowest BCUT2D eigenvalue weighted by Crippen LogP contribution is -2.13. The van der Waals surface area contributed by atoms with Crippen LogP contribution in [-0.4, -0.2) is 4.98 Å². The van der Waals surface area contributed by atoms with Gasteiger partial charge in [0, 0.05) is 11.9 Å². The molecule has 0 fully saturated rings. The number of aromatic nitrogens is 1. The van der Waals surface area contributed by atoms with Gasteiger partial charge in [0.05, 0.1) is 11.7 Å². The molecule has 1 heterocycles. The molecule has 0 saturated carbocycles. The second kappa shape index (κ2) is 6.39. The van der Waals surface area contributed by atoms with E-state index in [1.165, 1.54) is 6.07 Å². The normalized spacial score (nSPS) is 11.9. The number of nitrogens with one attached hydrogen (secondary N) is 1. The zero-order valence-electron chi connectivity index (χ0n) is 12.3. The number of anilines is 1.